The van der Waals surface area contributed by atoms with Gasteiger partial charge in [0, 0.05) is 27.5 Å². The van der Waals surface area contributed by atoms with E-state index in [2.05, 4.69) is 253 Å². The first-order chi connectivity index (χ1) is 33.4. The van der Waals surface area contributed by atoms with Gasteiger partial charge in [0.15, 0.2) is 0 Å². The highest BCUT2D eigenvalue weighted by Crippen LogP contribution is 2.45. The SMILES string of the molecule is CC(C)(C)c1cc2c3[nH]c4c(cc(C(C)(C)C)cc4c3c1)-c1cc(-c3ccc(-c4ccccc4)cc3)cc(n1)-c1cc(-c3ccc(-c4ccccc4)cc3)cc(n1)-c1cc(-c3ccccc3)cc-2c1. The third-order valence-electron chi connectivity index (χ3n) is 14.0. The van der Waals surface area contributed by atoms with Crippen LogP contribution in [0.2, 0.25) is 0 Å². The van der Waals surface area contributed by atoms with E-state index in [4.69, 9.17) is 9.97 Å². The molecule has 3 nitrogen and oxygen atoms in total. The zero-order valence-electron chi connectivity index (χ0n) is 40.0. The molecule has 332 valence electrons. The van der Waals surface area contributed by atoms with Crippen LogP contribution in [0.25, 0.3) is 122 Å². The van der Waals surface area contributed by atoms with Gasteiger partial charge in [0.1, 0.15) is 0 Å². The van der Waals surface area contributed by atoms with Crippen LogP contribution in [-0.2, 0) is 10.8 Å². The van der Waals surface area contributed by atoms with Crippen molar-refractivity contribution in [3.05, 3.63) is 217 Å². The minimum absolute atomic E-state index is 0.110. The van der Waals surface area contributed by atoms with Gasteiger partial charge in [-0.05, 0) is 150 Å². The summed E-state index contributed by atoms with van der Waals surface area (Å²) in [5.74, 6) is 0. The number of hydrogen-bond donors (Lipinski definition) is 1. The first kappa shape index (κ1) is 42.2. The lowest BCUT2D eigenvalue weighted by Gasteiger charge is -2.22. The highest BCUT2D eigenvalue weighted by atomic mass is 14.8. The molecule has 0 unspecified atom stereocenters. The van der Waals surface area contributed by atoms with E-state index >= 15 is 0 Å². The summed E-state index contributed by atoms with van der Waals surface area (Å²) in [5, 5.41) is 2.42. The lowest BCUT2D eigenvalue weighted by Crippen LogP contribution is -2.11. The zero-order valence-corrected chi connectivity index (χ0v) is 40.0. The molecule has 4 heterocycles. The van der Waals surface area contributed by atoms with Crippen LogP contribution in [0, 0.1) is 0 Å². The summed E-state index contributed by atoms with van der Waals surface area (Å²) in [6.45, 7) is 13.9. The number of nitrogens with one attached hydrogen (secondary N) is 1. The van der Waals surface area contributed by atoms with E-state index in [-0.39, 0.29) is 10.8 Å². The molecule has 0 saturated heterocycles. The van der Waals surface area contributed by atoms with Gasteiger partial charge < -0.3 is 4.98 Å². The van der Waals surface area contributed by atoms with Crippen molar-refractivity contribution in [3.8, 4) is 101 Å². The molecule has 1 aliphatic heterocycles. The van der Waals surface area contributed by atoms with Crippen LogP contribution in [0.1, 0.15) is 52.7 Å². The minimum Gasteiger partial charge on any atom is -0.353 e. The van der Waals surface area contributed by atoms with Crippen molar-refractivity contribution in [1.29, 1.82) is 0 Å². The maximum absolute atomic E-state index is 5.68. The Morgan fingerprint density at radius 1 is 0.275 bits per heavy atom. The summed E-state index contributed by atoms with van der Waals surface area (Å²) < 4.78 is 0. The molecule has 0 radical (unpaired) electrons. The number of hydrogen-bond acceptors (Lipinski definition) is 2. The number of H-pyrrole nitrogens is 1. The Balaban J connectivity index is 1.19. The molecule has 8 bridgehead atoms. The number of nitrogens with zero attached hydrogens (tertiary/aromatic N) is 2. The highest BCUT2D eigenvalue weighted by Gasteiger charge is 2.26. The lowest BCUT2D eigenvalue weighted by molar-refractivity contribution is 0.590. The standard InChI is InChI=1S/C66H53N3/c1-65(2,3)53-37-55-51-30-48(43-20-14-9-15-21-43)31-52(32-51)59-33-49(46-26-22-44(23-27-46)41-16-10-7-11-17-41)35-61(67-59)62-36-50(47-28-24-45(25-29-47)42-18-12-8-13-19-42)34-60(68-62)58-40-54(66(4,5)6)39-57-56(38-53)63(55)69-64(57)58/h7-40,69H,1-6H3. The Morgan fingerprint density at radius 2 is 0.609 bits per heavy atom. The molecule has 0 amide bonds. The van der Waals surface area contributed by atoms with Crippen molar-refractivity contribution in [3.63, 3.8) is 0 Å². The predicted octanol–water partition coefficient (Wildman–Crippen LogP) is 18.0. The number of benzene rings is 8. The monoisotopic (exact) mass is 887 g/mol. The lowest BCUT2D eigenvalue weighted by atomic mass is 9.82. The third kappa shape index (κ3) is 7.84. The van der Waals surface area contributed by atoms with E-state index in [1.807, 2.05) is 0 Å². The van der Waals surface area contributed by atoms with Crippen LogP contribution in [0.15, 0.2) is 206 Å². The van der Waals surface area contributed by atoms with Gasteiger partial charge in [0.05, 0.1) is 33.8 Å². The van der Waals surface area contributed by atoms with E-state index in [1.54, 1.807) is 0 Å². The molecule has 0 aliphatic carbocycles. The van der Waals surface area contributed by atoms with Crippen molar-refractivity contribution in [2.24, 2.45) is 0 Å². The maximum atomic E-state index is 5.68. The topological polar surface area (TPSA) is 41.6 Å². The predicted molar refractivity (Wildman–Crippen MR) is 291 cm³/mol. The number of fused-ring (bicyclic) bond motifs is 11. The largest absolute Gasteiger partial charge is 0.353 e. The smallest absolute Gasteiger partial charge is 0.0900 e. The molecule has 0 fully saturated rings. The summed E-state index contributed by atoms with van der Waals surface area (Å²) >= 11 is 0. The second kappa shape index (κ2) is 16.3. The third-order valence-corrected chi connectivity index (χ3v) is 14.0. The quantitative estimate of drug-likeness (QED) is 0.187. The molecule has 1 aliphatic rings. The second-order valence-corrected chi connectivity index (χ2v) is 20.8. The van der Waals surface area contributed by atoms with Crippen LogP contribution in [0.4, 0.5) is 0 Å². The molecule has 3 heteroatoms. The second-order valence-electron chi connectivity index (χ2n) is 20.8. The number of rotatable bonds is 5. The maximum Gasteiger partial charge on any atom is 0.0900 e. The first-order valence-corrected chi connectivity index (χ1v) is 24.1. The summed E-state index contributed by atoms with van der Waals surface area (Å²) in [6, 6.07) is 75.5. The Bertz CT molecular complexity index is 3740. The number of aromatic nitrogens is 3. The minimum atomic E-state index is -0.132. The van der Waals surface area contributed by atoms with Crippen molar-refractivity contribution < 1.29 is 0 Å². The zero-order chi connectivity index (χ0) is 47.0. The van der Waals surface area contributed by atoms with Crippen molar-refractivity contribution in [2.75, 3.05) is 0 Å². The summed E-state index contributed by atoms with van der Waals surface area (Å²) in [7, 11) is 0. The molecule has 8 aromatic carbocycles. The first-order valence-electron chi connectivity index (χ1n) is 24.1. The van der Waals surface area contributed by atoms with E-state index in [1.165, 1.54) is 49.7 Å². The van der Waals surface area contributed by atoms with Gasteiger partial charge in [0.25, 0.3) is 0 Å². The van der Waals surface area contributed by atoms with Gasteiger partial charge >= 0.3 is 0 Å². The number of aromatic amines is 1. The van der Waals surface area contributed by atoms with Crippen LogP contribution in [0.5, 0.6) is 0 Å². The fourth-order valence-electron chi connectivity index (χ4n) is 10.0. The molecule has 1 N–H and O–H groups in total. The van der Waals surface area contributed by atoms with Crippen LogP contribution in [-0.4, -0.2) is 15.0 Å². The average Bonchev–Trinajstić information content (AvgIpc) is 3.77. The molecule has 0 spiro atoms. The molecule has 11 aromatic rings. The fourth-order valence-corrected chi connectivity index (χ4v) is 10.0. The van der Waals surface area contributed by atoms with E-state index < -0.39 is 0 Å². The Labute approximate surface area is 405 Å². The Morgan fingerprint density at radius 3 is 1.09 bits per heavy atom. The fraction of sp³-hybridized carbons (Fsp3) is 0.121. The average molecular weight is 888 g/mol. The Hall–Kier alpha value is -8.14. The molecule has 0 saturated carbocycles. The van der Waals surface area contributed by atoms with Crippen LogP contribution >= 0.6 is 0 Å². The van der Waals surface area contributed by atoms with Gasteiger partial charge in [-0.25, -0.2) is 9.97 Å². The molecular formula is C66H53N3. The van der Waals surface area contributed by atoms with Crippen LogP contribution in [0.3, 0.4) is 0 Å². The van der Waals surface area contributed by atoms with E-state index in [0.29, 0.717) is 0 Å². The van der Waals surface area contributed by atoms with Gasteiger partial charge in [-0.3, -0.25) is 0 Å². The van der Waals surface area contributed by atoms with Gasteiger partial charge in [-0.2, -0.15) is 0 Å². The number of pyridine rings is 2. The summed E-state index contributed by atoms with van der Waals surface area (Å²) in [6.07, 6.45) is 0. The van der Waals surface area contributed by atoms with Crippen molar-refractivity contribution in [2.45, 2.75) is 52.4 Å². The van der Waals surface area contributed by atoms with E-state index in [0.717, 1.165) is 83.9 Å². The van der Waals surface area contributed by atoms with Gasteiger partial charge in [-0.1, -0.05) is 181 Å². The summed E-state index contributed by atoms with van der Waals surface area (Å²) in [4.78, 5) is 15.4. The molecule has 12 rings (SSSR count). The molecule has 3 aromatic heterocycles. The van der Waals surface area contributed by atoms with E-state index in [9.17, 15) is 0 Å². The normalized spacial score (nSPS) is 12.2. The highest BCUT2D eigenvalue weighted by molar-refractivity contribution is 6.16. The van der Waals surface area contributed by atoms with Crippen molar-refractivity contribution >= 4 is 21.8 Å². The van der Waals surface area contributed by atoms with Gasteiger partial charge in [-0.15, -0.1) is 0 Å². The molecule has 0 atom stereocenters. The van der Waals surface area contributed by atoms with Crippen molar-refractivity contribution in [1.82, 2.24) is 15.0 Å². The Kier molecular flexibility index (Phi) is 9.97. The van der Waals surface area contributed by atoms with Crippen LogP contribution < -0.4 is 0 Å². The molecular weight excluding hydrogens is 835 g/mol. The summed E-state index contributed by atoms with van der Waals surface area (Å²) in [5.41, 5.74) is 23.8. The van der Waals surface area contributed by atoms with Gasteiger partial charge in [0.2, 0.25) is 0 Å². The molecule has 69 heavy (non-hydrogen) atoms.